The van der Waals surface area contributed by atoms with Crippen molar-refractivity contribution in [3.63, 3.8) is 0 Å². The van der Waals surface area contributed by atoms with Crippen molar-refractivity contribution in [1.29, 1.82) is 0 Å². The molecule has 0 amide bonds. The van der Waals surface area contributed by atoms with Crippen LogP contribution in [0.1, 0.15) is 38.9 Å². The molecule has 0 saturated carbocycles. The Morgan fingerprint density at radius 2 is 2.00 bits per heavy atom. The van der Waals surface area contributed by atoms with Crippen molar-refractivity contribution in [2.45, 2.75) is 39.4 Å². The summed E-state index contributed by atoms with van der Waals surface area (Å²) < 4.78 is 7.07. The molecule has 0 bridgehead atoms. The van der Waals surface area contributed by atoms with Crippen molar-refractivity contribution >= 4 is 15.9 Å². The lowest BCUT2D eigenvalue weighted by atomic mass is 10.1. The molecule has 0 aliphatic heterocycles. The molecular formula is C14H22BrNO. The Labute approximate surface area is 113 Å². The van der Waals surface area contributed by atoms with Gasteiger partial charge in [-0.25, -0.2) is 0 Å². The molecule has 0 aliphatic rings. The molecule has 0 radical (unpaired) electrons. The Morgan fingerprint density at radius 3 is 2.53 bits per heavy atom. The summed E-state index contributed by atoms with van der Waals surface area (Å²) >= 11 is 3.47. The van der Waals surface area contributed by atoms with Crippen LogP contribution in [0.5, 0.6) is 0 Å². The fourth-order valence-electron chi connectivity index (χ4n) is 1.98. The number of hydrogen-bond acceptors (Lipinski definition) is 2. The van der Waals surface area contributed by atoms with Crippen LogP contribution < -0.4 is 5.73 Å². The summed E-state index contributed by atoms with van der Waals surface area (Å²) in [5, 5.41) is 0. The zero-order valence-electron chi connectivity index (χ0n) is 10.8. The topological polar surface area (TPSA) is 35.2 Å². The second-order valence-corrected chi connectivity index (χ2v) is 5.77. The number of hydrogen-bond donors (Lipinski definition) is 1. The van der Waals surface area contributed by atoms with Gasteiger partial charge in [0.2, 0.25) is 0 Å². The molecule has 0 aromatic heterocycles. The lowest BCUT2D eigenvalue weighted by Gasteiger charge is -2.23. The molecule has 2 unspecified atom stereocenters. The minimum Gasteiger partial charge on any atom is -0.369 e. The van der Waals surface area contributed by atoms with E-state index in [-0.39, 0.29) is 12.2 Å². The maximum absolute atomic E-state index is 6.01. The standard InChI is InChI=1S/C14H22BrNO/c1-10(2)7-11(3)17-14(9-16)12-5-4-6-13(15)8-12/h4-6,8,10-11,14H,7,9,16H2,1-3H3. The van der Waals surface area contributed by atoms with Crippen LogP contribution >= 0.6 is 15.9 Å². The van der Waals surface area contributed by atoms with Crippen LogP contribution in [0.15, 0.2) is 28.7 Å². The van der Waals surface area contributed by atoms with Crippen LogP contribution in [0, 0.1) is 5.92 Å². The van der Waals surface area contributed by atoms with Crippen LogP contribution in [0.2, 0.25) is 0 Å². The monoisotopic (exact) mass is 299 g/mol. The van der Waals surface area contributed by atoms with E-state index in [9.17, 15) is 0 Å². The summed E-state index contributed by atoms with van der Waals surface area (Å²) in [6.45, 7) is 7.03. The van der Waals surface area contributed by atoms with Gasteiger partial charge >= 0.3 is 0 Å². The summed E-state index contributed by atoms with van der Waals surface area (Å²) in [5.74, 6) is 0.644. The maximum atomic E-state index is 6.01. The van der Waals surface area contributed by atoms with Gasteiger partial charge in [-0.15, -0.1) is 0 Å². The second kappa shape index (κ2) is 7.14. The van der Waals surface area contributed by atoms with Crippen molar-refractivity contribution < 1.29 is 4.74 Å². The average Bonchev–Trinajstić information content (AvgIpc) is 2.24. The molecule has 2 atom stereocenters. The van der Waals surface area contributed by atoms with Gasteiger partial charge in [-0.3, -0.25) is 0 Å². The molecule has 2 nitrogen and oxygen atoms in total. The molecule has 0 saturated heterocycles. The Bertz CT molecular complexity index is 341. The smallest absolute Gasteiger partial charge is 0.0951 e. The van der Waals surface area contributed by atoms with Gasteiger partial charge in [-0.2, -0.15) is 0 Å². The molecule has 0 fully saturated rings. The average molecular weight is 300 g/mol. The van der Waals surface area contributed by atoms with E-state index < -0.39 is 0 Å². The first-order chi connectivity index (χ1) is 8.02. The number of nitrogens with two attached hydrogens (primary N) is 1. The number of halogens is 1. The summed E-state index contributed by atoms with van der Waals surface area (Å²) in [6.07, 6.45) is 1.29. The summed E-state index contributed by atoms with van der Waals surface area (Å²) in [4.78, 5) is 0. The minimum absolute atomic E-state index is 0.0127. The molecule has 1 aromatic carbocycles. The van der Waals surface area contributed by atoms with Gasteiger partial charge in [-0.1, -0.05) is 41.9 Å². The fourth-order valence-corrected chi connectivity index (χ4v) is 2.39. The zero-order chi connectivity index (χ0) is 12.8. The molecule has 1 rings (SSSR count). The lowest BCUT2D eigenvalue weighted by molar-refractivity contribution is -0.00843. The highest BCUT2D eigenvalue weighted by atomic mass is 79.9. The van der Waals surface area contributed by atoms with Gasteiger partial charge < -0.3 is 10.5 Å². The van der Waals surface area contributed by atoms with Crippen LogP contribution in [-0.4, -0.2) is 12.6 Å². The van der Waals surface area contributed by atoms with Crippen LogP contribution in [0.3, 0.4) is 0 Å². The van der Waals surface area contributed by atoms with Crippen molar-refractivity contribution in [2.24, 2.45) is 11.7 Å². The lowest BCUT2D eigenvalue weighted by Crippen LogP contribution is -2.22. The highest BCUT2D eigenvalue weighted by Crippen LogP contribution is 2.23. The second-order valence-electron chi connectivity index (χ2n) is 4.86. The quantitative estimate of drug-likeness (QED) is 0.864. The van der Waals surface area contributed by atoms with Gasteiger partial charge in [0, 0.05) is 11.0 Å². The van der Waals surface area contributed by atoms with E-state index in [2.05, 4.69) is 48.8 Å². The summed E-state index contributed by atoms with van der Waals surface area (Å²) in [6, 6.07) is 8.15. The van der Waals surface area contributed by atoms with E-state index in [1.165, 1.54) is 0 Å². The molecule has 3 heteroatoms. The first kappa shape index (κ1) is 14.7. The van der Waals surface area contributed by atoms with Gasteiger partial charge in [0.15, 0.2) is 0 Å². The fraction of sp³-hybridized carbons (Fsp3) is 0.571. The summed E-state index contributed by atoms with van der Waals surface area (Å²) in [5.41, 5.74) is 6.93. The minimum atomic E-state index is -0.0127. The van der Waals surface area contributed by atoms with E-state index in [1.807, 2.05) is 12.1 Å². The SMILES string of the molecule is CC(C)CC(C)OC(CN)c1cccc(Br)c1. The summed E-state index contributed by atoms with van der Waals surface area (Å²) in [7, 11) is 0. The first-order valence-electron chi connectivity index (χ1n) is 6.14. The van der Waals surface area contributed by atoms with Crippen LogP contribution in [0.25, 0.3) is 0 Å². The van der Waals surface area contributed by atoms with Crippen LogP contribution in [0.4, 0.5) is 0 Å². The normalized spacial score (nSPS) is 14.9. The van der Waals surface area contributed by atoms with Gasteiger partial charge in [0.25, 0.3) is 0 Å². The Morgan fingerprint density at radius 1 is 1.29 bits per heavy atom. The van der Waals surface area contributed by atoms with E-state index in [0.717, 1.165) is 16.5 Å². The number of benzene rings is 1. The van der Waals surface area contributed by atoms with E-state index >= 15 is 0 Å². The van der Waals surface area contributed by atoms with Crippen molar-refractivity contribution in [1.82, 2.24) is 0 Å². The van der Waals surface area contributed by atoms with E-state index in [0.29, 0.717) is 12.5 Å². The highest BCUT2D eigenvalue weighted by molar-refractivity contribution is 9.10. The third kappa shape index (κ3) is 5.19. The van der Waals surface area contributed by atoms with Crippen molar-refractivity contribution in [3.8, 4) is 0 Å². The predicted molar refractivity (Wildman–Crippen MR) is 75.9 cm³/mol. The van der Waals surface area contributed by atoms with Crippen molar-refractivity contribution in [3.05, 3.63) is 34.3 Å². The van der Waals surface area contributed by atoms with Gasteiger partial charge in [0.05, 0.1) is 12.2 Å². The van der Waals surface area contributed by atoms with Gasteiger partial charge in [0.1, 0.15) is 0 Å². The number of ether oxygens (including phenoxy) is 1. The Balaban J connectivity index is 2.65. The van der Waals surface area contributed by atoms with Crippen molar-refractivity contribution in [2.75, 3.05) is 6.54 Å². The van der Waals surface area contributed by atoms with E-state index in [1.54, 1.807) is 0 Å². The molecule has 0 aliphatic carbocycles. The third-order valence-electron chi connectivity index (χ3n) is 2.63. The highest BCUT2D eigenvalue weighted by Gasteiger charge is 2.15. The molecule has 2 N–H and O–H groups in total. The molecule has 96 valence electrons. The third-order valence-corrected chi connectivity index (χ3v) is 3.13. The first-order valence-corrected chi connectivity index (χ1v) is 6.93. The zero-order valence-corrected chi connectivity index (χ0v) is 12.4. The molecule has 1 aromatic rings. The van der Waals surface area contributed by atoms with Gasteiger partial charge in [-0.05, 0) is 37.0 Å². The van der Waals surface area contributed by atoms with Crippen LogP contribution in [-0.2, 0) is 4.74 Å². The molecule has 17 heavy (non-hydrogen) atoms. The molecule has 0 heterocycles. The largest absolute Gasteiger partial charge is 0.369 e. The molecule has 0 spiro atoms. The maximum Gasteiger partial charge on any atom is 0.0951 e. The Hall–Kier alpha value is -0.380. The predicted octanol–water partition coefficient (Wildman–Crippen LogP) is 3.90. The number of rotatable bonds is 6. The Kier molecular flexibility index (Phi) is 6.17. The van der Waals surface area contributed by atoms with E-state index in [4.69, 9.17) is 10.5 Å². The molecular weight excluding hydrogens is 278 g/mol.